The molecular weight excluding hydrogens is 388 g/mol. The van der Waals surface area contributed by atoms with Crippen molar-refractivity contribution in [2.45, 2.75) is 32.1 Å². The minimum Gasteiger partial charge on any atom is -0.242 e. The van der Waals surface area contributed by atoms with Crippen LogP contribution < -0.4 is 10.6 Å². The summed E-state index contributed by atoms with van der Waals surface area (Å²) in [6.45, 7) is 6.46. The molecule has 3 aromatic carbocycles. The summed E-state index contributed by atoms with van der Waals surface area (Å²) in [6, 6.07) is 26.9. The number of benzene rings is 3. The number of halogens is 1. The lowest BCUT2D eigenvalue weighted by Gasteiger charge is -2.35. The fraction of sp³-hybridized carbons (Fsp3) is 0.217. The molecule has 0 aliphatic heterocycles. The molecule has 0 heterocycles. The summed E-state index contributed by atoms with van der Waals surface area (Å²) >= 11 is 0. The van der Waals surface area contributed by atoms with Gasteiger partial charge in [0, 0.05) is 14.6 Å². The van der Waals surface area contributed by atoms with Crippen molar-refractivity contribution in [1.82, 2.24) is 4.08 Å². The molecule has 0 N–H and O–H groups in total. The van der Waals surface area contributed by atoms with E-state index in [1.54, 1.807) is 12.1 Å². The van der Waals surface area contributed by atoms with Gasteiger partial charge in [0.25, 0.3) is 0 Å². The first-order valence-corrected chi connectivity index (χ1v) is 11.6. The van der Waals surface area contributed by atoms with Crippen LogP contribution in [0, 0.1) is 5.82 Å². The van der Waals surface area contributed by atoms with Gasteiger partial charge < -0.3 is 0 Å². The first-order valence-electron chi connectivity index (χ1n) is 9.20. The van der Waals surface area contributed by atoms with E-state index >= 15 is 0 Å². The van der Waals surface area contributed by atoms with Crippen molar-refractivity contribution < 1.29 is 8.60 Å². The minimum atomic E-state index is -1.24. The Morgan fingerprint density at radius 3 is 1.71 bits per heavy atom. The molecule has 0 aliphatic rings. The maximum absolute atomic E-state index is 13.6. The standard InChI is InChI=1S/C23H25FNOPS/c1-23(2,3)28(26)25(18-19-14-16-20(24)17-15-19)27(21-10-6-4-7-11-21)22-12-8-5-9-13-22/h4-17H,18H2,1-3H3. The smallest absolute Gasteiger partial charge is 0.123 e. The second-order valence-electron chi connectivity index (χ2n) is 7.48. The highest BCUT2D eigenvalue weighted by Crippen LogP contribution is 2.43. The van der Waals surface area contributed by atoms with Gasteiger partial charge in [-0.1, -0.05) is 72.8 Å². The van der Waals surface area contributed by atoms with E-state index in [0.29, 0.717) is 6.54 Å². The third-order valence-electron chi connectivity index (χ3n) is 4.17. The Morgan fingerprint density at radius 1 is 0.821 bits per heavy atom. The molecule has 0 radical (unpaired) electrons. The average Bonchev–Trinajstić information content (AvgIpc) is 2.69. The SMILES string of the molecule is CC(C)(C)S(=O)N(Cc1ccc(F)cc1)P(c1ccccc1)c1ccccc1. The maximum atomic E-state index is 13.6. The summed E-state index contributed by atoms with van der Waals surface area (Å²) < 4.78 is 28.7. The van der Waals surface area contributed by atoms with Crippen LogP contribution in [0.5, 0.6) is 0 Å². The van der Waals surface area contributed by atoms with Crippen LogP contribution in [0.15, 0.2) is 84.9 Å². The normalized spacial score (nSPS) is 13.1. The highest BCUT2D eigenvalue weighted by molar-refractivity contribution is 7.93. The van der Waals surface area contributed by atoms with Gasteiger partial charge in [-0.2, -0.15) is 4.08 Å². The van der Waals surface area contributed by atoms with Crippen molar-refractivity contribution in [1.29, 1.82) is 0 Å². The summed E-state index contributed by atoms with van der Waals surface area (Å²) in [5, 5.41) is 2.28. The number of hydrogen-bond acceptors (Lipinski definition) is 1. The van der Waals surface area contributed by atoms with E-state index < -0.39 is 23.8 Å². The molecule has 0 aliphatic carbocycles. The van der Waals surface area contributed by atoms with Crippen LogP contribution in [0.1, 0.15) is 26.3 Å². The minimum absolute atomic E-state index is 0.263. The van der Waals surface area contributed by atoms with E-state index in [0.717, 1.165) is 16.2 Å². The summed E-state index contributed by atoms with van der Waals surface area (Å²) in [5.74, 6) is -0.263. The third kappa shape index (κ3) is 5.14. The maximum Gasteiger partial charge on any atom is 0.123 e. The Bertz CT molecular complexity index is 871. The lowest BCUT2D eigenvalue weighted by Crippen LogP contribution is -2.38. The van der Waals surface area contributed by atoms with Crippen LogP contribution in [-0.2, 0) is 17.5 Å². The molecule has 0 fully saturated rings. The molecule has 3 rings (SSSR count). The molecule has 0 amide bonds. The molecule has 0 bridgehead atoms. The van der Waals surface area contributed by atoms with Crippen molar-refractivity contribution in [2.75, 3.05) is 0 Å². The van der Waals surface area contributed by atoms with Gasteiger partial charge in [-0.05, 0) is 49.1 Å². The zero-order valence-corrected chi connectivity index (χ0v) is 18.1. The van der Waals surface area contributed by atoms with Crippen LogP contribution in [0.2, 0.25) is 0 Å². The largest absolute Gasteiger partial charge is 0.242 e. The molecule has 146 valence electrons. The van der Waals surface area contributed by atoms with Crippen molar-refractivity contribution >= 4 is 29.7 Å². The van der Waals surface area contributed by atoms with Gasteiger partial charge in [0.05, 0.1) is 4.75 Å². The molecule has 1 unspecified atom stereocenters. The van der Waals surface area contributed by atoms with Gasteiger partial charge >= 0.3 is 0 Å². The zero-order chi connectivity index (χ0) is 20.1. The number of hydrogen-bond donors (Lipinski definition) is 0. The van der Waals surface area contributed by atoms with Gasteiger partial charge in [-0.3, -0.25) is 0 Å². The van der Waals surface area contributed by atoms with Crippen molar-refractivity contribution in [3.63, 3.8) is 0 Å². The highest BCUT2D eigenvalue weighted by Gasteiger charge is 2.33. The van der Waals surface area contributed by atoms with Gasteiger partial charge in [0.1, 0.15) is 16.8 Å². The molecule has 0 saturated heterocycles. The summed E-state index contributed by atoms with van der Waals surface area (Å²) in [7, 11) is -2.25. The van der Waals surface area contributed by atoms with Crippen LogP contribution in [0.4, 0.5) is 4.39 Å². The lowest BCUT2D eigenvalue weighted by atomic mass is 10.2. The molecule has 2 nitrogen and oxygen atoms in total. The van der Waals surface area contributed by atoms with Crippen molar-refractivity contribution in [3.8, 4) is 0 Å². The van der Waals surface area contributed by atoms with Gasteiger partial charge in [-0.15, -0.1) is 0 Å². The third-order valence-corrected chi connectivity index (χ3v) is 8.83. The van der Waals surface area contributed by atoms with E-state index in [9.17, 15) is 8.60 Å². The van der Waals surface area contributed by atoms with E-state index in [1.807, 2.05) is 57.2 Å². The summed E-state index contributed by atoms with van der Waals surface area (Å²) in [6.07, 6.45) is 0. The van der Waals surface area contributed by atoms with Crippen molar-refractivity contribution in [2.24, 2.45) is 0 Å². The second kappa shape index (κ2) is 9.09. The topological polar surface area (TPSA) is 20.3 Å². The van der Waals surface area contributed by atoms with Crippen LogP contribution >= 0.6 is 8.07 Å². The van der Waals surface area contributed by atoms with E-state index in [-0.39, 0.29) is 5.82 Å². The Balaban J connectivity index is 2.10. The molecule has 5 heteroatoms. The summed E-state index contributed by atoms with van der Waals surface area (Å²) in [5.41, 5.74) is 0.943. The average molecular weight is 413 g/mol. The first-order chi connectivity index (χ1) is 13.4. The van der Waals surface area contributed by atoms with Crippen LogP contribution in [0.3, 0.4) is 0 Å². The quantitative estimate of drug-likeness (QED) is 0.513. The fourth-order valence-corrected chi connectivity index (χ4v) is 7.63. The second-order valence-corrected chi connectivity index (χ2v) is 12.1. The lowest BCUT2D eigenvalue weighted by molar-refractivity contribution is 0.583. The predicted molar refractivity (Wildman–Crippen MR) is 119 cm³/mol. The monoisotopic (exact) mass is 413 g/mol. The number of nitrogens with zero attached hydrogens (tertiary/aromatic N) is 1. The Kier molecular flexibility index (Phi) is 6.77. The Hall–Kier alpha value is -1.87. The molecule has 1 atom stereocenters. The predicted octanol–water partition coefficient (Wildman–Crippen LogP) is 5.14. The van der Waals surface area contributed by atoms with Crippen molar-refractivity contribution in [3.05, 3.63) is 96.3 Å². The van der Waals surface area contributed by atoms with E-state index in [1.165, 1.54) is 12.1 Å². The van der Waals surface area contributed by atoms with Gasteiger partial charge in [-0.25, -0.2) is 8.60 Å². The van der Waals surface area contributed by atoms with Crippen LogP contribution in [-0.4, -0.2) is 13.0 Å². The Morgan fingerprint density at radius 2 is 1.29 bits per heavy atom. The molecule has 0 saturated carbocycles. The number of rotatable bonds is 6. The molecule has 0 spiro atoms. The van der Waals surface area contributed by atoms with Gasteiger partial charge in [0.15, 0.2) is 0 Å². The Labute approximate surface area is 170 Å². The first kappa shape index (κ1) is 20.9. The fourth-order valence-electron chi connectivity index (χ4n) is 2.81. The molecule has 3 aromatic rings. The molecular formula is C23H25FNOPS. The molecule has 28 heavy (non-hydrogen) atoms. The van der Waals surface area contributed by atoms with E-state index in [2.05, 4.69) is 28.3 Å². The molecule has 0 aromatic heterocycles. The van der Waals surface area contributed by atoms with E-state index in [4.69, 9.17) is 0 Å². The summed E-state index contributed by atoms with van der Waals surface area (Å²) in [4.78, 5) is 0. The highest BCUT2D eigenvalue weighted by atomic mass is 32.2. The zero-order valence-electron chi connectivity index (χ0n) is 16.4. The van der Waals surface area contributed by atoms with Gasteiger partial charge in [0.2, 0.25) is 0 Å². The van der Waals surface area contributed by atoms with Crippen LogP contribution in [0.25, 0.3) is 0 Å².